The molecule has 0 N–H and O–H groups in total. The third-order valence-electron chi connectivity index (χ3n) is 3.76. The lowest BCUT2D eigenvalue weighted by Gasteiger charge is -2.45. The van der Waals surface area contributed by atoms with Crippen molar-refractivity contribution >= 4 is 11.7 Å². The fourth-order valence-electron chi connectivity index (χ4n) is 2.82. The Balaban J connectivity index is 2.03. The fraction of sp³-hybridized carbons (Fsp3) is 0.833. The Morgan fingerprint density at radius 2 is 1.88 bits per heavy atom. The molecule has 2 aliphatic rings. The molecule has 4 heteroatoms. The van der Waals surface area contributed by atoms with Crippen LogP contribution in [0.1, 0.15) is 32.1 Å². The maximum absolute atomic E-state index is 11.7. The lowest BCUT2D eigenvalue weighted by molar-refractivity contribution is -0.137. The molecule has 0 saturated carbocycles. The molecule has 2 aliphatic heterocycles. The Morgan fingerprint density at radius 1 is 1.31 bits per heavy atom. The number of nitrogens with zero attached hydrogens (tertiary/aromatic N) is 2. The summed E-state index contributed by atoms with van der Waals surface area (Å²) in [6, 6.07) is 0.646. The highest BCUT2D eigenvalue weighted by molar-refractivity contribution is 5.82. The lowest BCUT2D eigenvalue weighted by atomic mass is 9.84. The van der Waals surface area contributed by atoms with Gasteiger partial charge >= 0.3 is 0 Å². The average molecular weight is 224 g/mol. The predicted octanol–water partition coefficient (Wildman–Crippen LogP) is 0.661. The van der Waals surface area contributed by atoms with E-state index in [4.69, 9.17) is 0 Å². The van der Waals surface area contributed by atoms with Gasteiger partial charge in [0.15, 0.2) is 0 Å². The highest BCUT2D eigenvalue weighted by Gasteiger charge is 2.38. The van der Waals surface area contributed by atoms with E-state index in [2.05, 4.69) is 4.90 Å². The molecule has 2 fully saturated rings. The van der Waals surface area contributed by atoms with Crippen LogP contribution in [-0.2, 0) is 9.59 Å². The Labute approximate surface area is 96.6 Å². The number of likely N-dealkylation sites (N-methyl/N-ethyl adjacent to an activating group) is 1. The molecule has 2 unspecified atom stereocenters. The van der Waals surface area contributed by atoms with Gasteiger partial charge in [-0.3, -0.25) is 14.5 Å². The summed E-state index contributed by atoms with van der Waals surface area (Å²) in [5, 5.41) is 0. The average Bonchev–Trinajstić information content (AvgIpc) is 2.19. The van der Waals surface area contributed by atoms with Gasteiger partial charge in [0, 0.05) is 39.0 Å². The zero-order valence-corrected chi connectivity index (χ0v) is 10.1. The number of Topliss-reactive ketones (excluding diaryl/α,β-unsaturated/α-hetero) is 1. The molecule has 2 atom stereocenters. The normalized spacial score (nSPS) is 30.2. The summed E-state index contributed by atoms with van der Waals surface area (Å²) >= 11 is 0. The summed E-state index contributed by atoms with van der Waals surface area (Å²) in [5.74, 6) is 0.523. The number of hydrogen-bond acceptors (Lipinski definition) is 3. The predicted molar refractivity (Wildman–Crippen MR) is 61.1 cm³/mol. The van der Waals surface area contributed by atoms with Gasteiger partial charge in [0.25, 0.3) is 0 Å². The van der Waals surface area contributed by atoms with E-state index in [9.17, 15) is 9.59 Å². The zero-order chi connectivity index (χ0) is 11.7. The van der Waals surface area contributed by atoms with E-state index in [-0.39, 0.29) is 5.91 Å². The van der Waals surface area contributed by atoms with Crippen molar-refractivity contribution in [2.45, 2.75) is 44.2 Å². The Hall–Kier alpha value is -0.900. The van der Waals surface area contributed by atoms with Crippen molar-refractivity contribution < 1.29 is 9.59 Å². The van der Waals surface area contributed by atoms with E-state index < -0.39 is 0 Å². The van der Waals surface area contributed by atoms with E-state index in [0.29, 0.717) is 37.3 Å². The van der Waals surface area contributed by atoms with Crippen LogP contribution in [0.3, 0.4) is 0 Å². The molecule has 2 heterocycles. The van der Waals surface area contributed by atoms with Crippen LogP contribution < -0.4 is 0 Å². The van der Waals surface area contributed by atoms with Gasteiger partial charge in [-0.25, -0.2) is 0 Å². The number of fused-ring (bicyclic) bond motifs is 2. The number of ketones is 1. The number of amides is 1. The monoisotopic (exact) mass is 224 g/mol. The van der Waals surface area contributed by atoms with Crippen LogP contribution in [0.25, 0.3) is 0 Å². The molecule has 0 aliphatic carbocycles. The largest absolute Gasteiger partial charge is 0.348 e. The molecule has 2 saturated heterocycles. The second kappa shape index (κ2) is 4.53. The summed E-state index contributed by atoms with van der Waals surface area (Å²) in [6.07, 6.45) is 4.65. The van der Waals surface area contributed by atoms with Crippen LogP contribution in [0.2, 0.25) is 0 Å². The van der Waals surface area contributed by atoms with Gasteiger partial charge in [0.1, 0.15) is 5.78 Å². The molecule has 0 aromatic carbocycles. The van der Waals surface area contributed by atoms with E-state index in [1.807, 2.05) is 0 Å². The Bertz CT molecular complexity index is 285. The minimum atomic E-state index is 0.145. The second-order valence-electron chi connectivity index (χ2n) is 5.15. The van der Waals surface area contributed by atoms with Crippen LogP contribution in [0.4, 0.5) is 0 Å². The van der Waals surface area contributed by atoms with Crippen molar-refractivity contribution in [3.63, 3.8) is 0 Å². The summed E-state index contributed by atoms with van der Waals surface area (Å²) in [7, 11) is 3.57. The smallest absolute Gasteiger partial charge is 0.236 e. The van der Waals surface area contributed by atoms with Crippen LogP contribution >= 0.6 is 0 Å². The minimum Gasteiger partial charge on any atom is -0.348 e. The van der Waals surface area contributed by atoms with E-state index >= 15 is 0 Å². The zero-order valence-electron chi connectivity index (χ0n) is 10.1. The highest BCUT2D eigenvalue weighted by atomic mass is 16.2. The molecule has 16 heavy (non-hydrogen) atoms. The molecular weight excluding hydrogens is 204 g/mol. The summed E-state index contributed by atoms with van der Waals surface area (Å²) in [6.45, 7) is 0.482. The number of hydrogen-bond donors (Lipinski definition) is 0. The van der Waals surface area contributed by atoms with Crippen molar-refractivity contribution in [1.29, 1.82) is 0 Å². The van der Waals surface area contributed by atoms with E-state index in [1.165, 1.54) is 6.42 Å². The van der Waals surface area contributed by atoms with Crippen LogP contribution in [0.15, 0.2) is 0 Å². The number of carbonyl (C=O) groups is 2. The highest BCUT2D eigenvalue weighted by Crippen LogP contribution is 2.31. The van der Waals surface area contributed by atoms with Gasteiger partial charge in [-0.15, -0.1) is 0 Å². The van der Waals surface area contributed by atoms with Crippen LogP contribution in [-0.4, -0.2) is 54.2 Å². The Kier molecular flexibility index (Phi) is 3.28. The first-order valence-corrected chi connectivity index (χ1v) is 6.05. The van der Waals surface area contributed by atoms with Gasteiger partial charge in [-0.2, -0.15) is 0 Å². The SMILES string of the molecule is CN(C)C(=O)CN1C2CCCC1CC(=O)C2. The first kappa shape index (κ1) is 11.6. The molecule has 2 bridgehead atoms. The number of rotatable bonds is 2. The topological polar surface area (TPSA) is 40.6 Å². The van der Waals surface area contributed by atoms with Gasteiger partial charge in [-0.1, -0.05) is 6.42 Å². The maximum atomic E-state index is 11.7. The van der Waals surface area contributed by atoms with Gasteiger partial charge in [0.05, 0.1) is 6.54 Å². The lowest BCUT2D eigenvalue weighted by Crippen LogP contribution is -2.55. The molecule has 1 amide bonds. The van der Waals surface area contributed by atoms with Crippen molar-refractivity contribution in [3.05, 3.63) is 0 Å². The maximum Gasteiger partial charge on any atom is 0.236 e. The first-order chi connectivity index (χ1) is 7.58. The minimum absolute atomic E-state index is 0.145. The second-order valence-corrected chi connectivity index (χ2v) is 5.15. The summed E-state index contributed by atoms with van der Waals surface area (Å²) in [4.78, 5) is 27.1. The van der Waals surface area contributed by atoms with Crippen molar-refractivity contribution in [1.82, 2.24) is 9.80 Å². The van der Waals surface area contributed by atoms with Crippen molar-refractivity contribution in [2.75, 3.05) is 20.6 Å². The van der Waals surface area contributed by atoms with Crippen molar-refractivity contribution in [3.8, 4) is 0 Å². The van der Waals surface area contributed by atoms with Gasteiger partial charge in [0.2, 0.25) is 5.91 Å². The standard InChI is InChI=1S/C12H20N2O2/c1-13(2)12(16)8-14-9-4-3-5-10(14)7-11(15)6-9/h9-10H,3-8H2,1-2H3. The first-order valence-electron chi connectivity index (χ1n) is 6.05. The number of piperidine rings is 2. The van der Waals surface area contributed by atoms with E-state index in [1.54, 1.807) is 19.0 Å². The quantitative estimate of drug-likeness (QED) is 0.692. The molecule has 0 spiro atoms. The molecule has 0 radical (unpaired) electrons. The Morgan fingerprint density at radius 3 is 2.38 bits per heavy atom. The summed E-state index contributed by atoms with van der Waals surface area (Å²) < 4.78 is 0. The van der Waals surface area contributed by atoms with Crippen LogP contribution in [0, 0.1) is 0 Å². The summed E-state index contributed by atoms with van der Waals surface area (Å²) in [5.41, 5.74) is 0. The molecular formula is C12H20N2O2. The van der Waals surface area contributed by atoms with Crippen molar-refractivity contribution in [2.24, 2.45) is 0 Å². The molecule has 4 nitrogen and oxygen atoms in total. The van der Waals surface area contributed by atoms with Gasteiger partial charge in [-0.05, 0) is 12.8 Å². The van der Waals surface area contributed by atoms with E-state index in [0.717, 1.165) is 12.8 Å². The molecule has 2 rings (SSSR count). The van der Waals surface area contributed by atoms with Crippen LogP contribution in [0.5, 0.6) is 0 Å². The molecule has 0 aromatic heterocycles. The third kappa shape index (κ3) is 2.26. The number of carbonyl (C=O) groups excluding carboxylic acids is 2. The molecule has 0 aromatic rings. The molecule has 90 valence electrons. The van der Waals surface area contributed by atoms with Gasteiger partial charge < -0.3 is 4.90 Å². The fourth-order valence-corrected chi connectivity index (χ4v) is 2.82. The third-order valence-corrected chi connectivity index (χ3v) is 3.76.